The molecule has 2 amide bonds. The minimum Gasteiger partial charge on any atom is -0.365 e. The summed E-state index contributed by atoms with van der Waals surface area (Å²) in [6.07, 6.45) is -0.230. The number of hydrogen-bond donors (Lipinski definition) is 1. The molecule has 0 bridgehead atoms. The number of amides is 2. The highest BCUT2D eigenvalue weighted by molar-refractivity contribution is 5.96. The van der Waals surface area contributed by atoms with Gasteiger partial charge in [-0.15, -0.1) is 0 Å². The van der Waals surface area contributed by atoms with Gasteiger partial charge in [-0.1, -0.05) is 30.3 Å². The number of carbonyl (C=O) groups is 2. The van der Waals surface area contributed by atoms with Gasteiger partial charge in [-0.25, -0.2) is 0 Å². The van der Waals surface area contributed by atoms with Crippen LogP contribution in [0.3, 0.4) is 0 Å². The maximum atomic E-state index is 12.3. The number of aryl methyl sites for hydroxylation is 2. The van der Waals surface area contributed by atoms with Gasteiger partial charge < -0.3 is 15.0 Å². The standard InChI is InChI=1S/C20H22N2O3/c1-14-6-5-8-16(10-14)22-12-17(25-13-19(22)23)11-21-20(24)18-9-4-3-7-15(18)2/h3-10,17H,11-13H2,1-2H3,(H,21,24). The predicted octanol–water partition coefficient (Wildman–Crippen LogP) is 2.47. The third kappa shape index (κ3) is 4.06. The fraction of sp³-hybridized carbons (Fsp3) is 0.300. The third-order valence-electron chi connectivity index (χ3n) is 4.32. The van der Waals surface area contributed by atoms with E-state index in [1.54, 1.807) is 11.0 Å². The van der Waals surface area contributed by atoms with Crippen molar-refractivity contribution in [1.82, 2.24) is 5.32 Å². The monoisotopic (exact) mass is 338 g/mol. The molecule has 3 rings (SSSR count). The molecule has 0 spiro atoms. The second-order valence-corrected chi connectivity index (χ2v) is 6.30. The van der Waals surface area contributed by atoms with Crippen LogP contribution >= 0.6 is 0 Å². The van der Waals surface area contributed by atoms with E-state index in [4.69, 9.17) is 4.74 Å². The molecule has 130 valence electrons. The first-order valence-electron chi connectivity index (χ1n) is 8.37. The lowest BCUT2D eigenvalue weighted by molar-refractivity contribution is -0.129. The van der Waals surface area contributed by atoms with E-state index in [1.807, 2.05) is 56.3 Å². The van der Waals surface area contributed by atoms with Crippen molar-refractivity contribution in [3.8, 4) is 0 Å². The summed E-state index contributed by atoms with van der Waals surface area (Å²) in [6, 6.07) is 15.3. The van der Waals surface area contributed by atoms with Gasteiger partial charge in [0.2, 0.25) is 0 Å². The first-order valence-corrected chi connectivity index (χ1v) is 8.37. The number of benzene rings is 2. The van der Waals surface area contributed by atoms with Crippen LogP contribution in [0.2, 0.25) is 0 Å². The van der Waals surface area contributed by atoms with Gasteiger partial charge in [0.25, 0.3) is 11.8 Å². The summed E-state index contributed by atoms with van der Waals surface area (Å²) in [6.45, 7) is 4.72. The smallest absolute Gasteiger partial charge is 0.253 e. The summed E-state index contributed by atoms with van der Waals surface area (Å²) in [5.41, 5.74) is 3.55. The molecule has 0 radical (unpaired) electrons. The first-order chi connectivity index (χ1) is 12.0. The molecule has 1 heterocycles. The Balaban J connectivity index is 1.63. The molecule has 5 nitrogen and oxygen atoms in total. The van der Waals surface area contributed by atoms with Crippen LogP contribution in [0.25, 0.3) is 0 Å². The van der Waals surface area contributed by atoms with E-state index in [2.05, 4.69) is 5.32 Å². The second kappa shape index (κ2) is 7.49. The quantitative estimate of drug-likeness (QED) is 0.932. The molecule has 1 unspecified atom stereocenters. The number of nitrogens with zero attached hydrogens (tertiary/aromatic N) is 1. The van der Waals surface area contributed by atoms with Crippen molar-refractivity contribution < 1.29 is 14.3 Å². The van der Waals surface area contributed by atoms with Gasteiger partial charge in [0.1, 0.15) is 6.61 Å². The molecule has 0 saturated carbocycles. The fourth-order valence-electron chi connectivity index (χ4n) is 2.92. The minimum atomic E-state index is -0.230. The van der Waals surface area contributed by atoms with Crippen LogP contribution < -0.4 is 10.2 Å². The lowest BCUT2D eigenvalue weighted by Crippen LogP contribution is -2.50. The fourth-order valence-corrected chi connectivity index (χ4v) is 2.92. The average molecular weight is 338 g/mol. The van der Waals surface area contributed by atoms with Crippen molar-refractivity contribution in [2.75, 3.05) is 24.6 Å². The number of morpholine rings is 1. The second-order valence-electron chi connectivity index (χ2n) is 6.30. The van der Waals surface area contributed by atoms with Gasteiger partial charge in [0, 0.05) is 17.8 Å². The van der Waals surface area contributed by atoms with Crippen molar-refractivity contribution in [3.63, 3.8) is 0 Å². The number of rotatable bonds is 4. The Morgan fingerprint density at radius 1 is 1.20 bits per heavy atom. The highest BCUT2D eigenvalue weighted by Crippen LogP contribution is 2.19. The molecule has 2 aromatic carbocycles. The Kier molecular flexibility index (Phi) is 5.14. The van der Waals surface area contributed by atoms with Crippen LogP contribution in [-0.4, -0.2) is 37.6 Å². The maximum Gasteiger partial charge on any atom is 0.253 e. The summed E-state index contributed by atoms with van der Waals surface area (Å²) < 4.78 is 5.58. The lowest BCUT2D eigenvalue weighted by atomic mass is 10.1. The molecule has 1 aliphatic heterocycles. The first kappa shape index (κ1) is 17.2. The molecule has 0 aromatic heterocycles. The third-order valence-corrected chi connectivity index (χ3v) is 4.32. The summed E-state index contributed by atoms with van der Waals surface area (Å²) in [7, 11) is 0. The molecule has 25 heavy (non-hydrogen) atoms. The van der Waals surface area contributed by atoms with E-state index in [0.717, 1.165) is 16.8 Å². The maximum absolute atomic E-state index is 12.3. The number of nitrogens with one attached hydrogen (secondary N) is 1. The molecule has 0 aliphatic carbocycles. The van der Waals surface area contributed by atoms with Crippen molar-refractivity contribution in [2.45, 2.75) is 20.0 Å². The van der Waals surface area contributed by atoms with Crippen LogP contribution in [0.15, 0.2) is 48.5 Å². The zero-order valence-corrected chi connectivity index (χ0v) is 14.5. The molecule has 1 saturated heterocycles. The Morgan fingerprint density at radius 2 is 2.00 bits per heavy atom. The molecule has 5 heteroatoms. The van der Waals surface area contributed by atoms with Crippen LogP contribution in [0.4, 0.5) is 5.69 Å². The Labute approximate surface area is 147 Å². The highest BCUT2D eigenvalue weighted by atomic mass is 16.5. The van der Waals surface area contributed by atoms with E-state index < -0.39 is 0 Å². The van der Waals surface area contributed by atoms with Crippen LogP contribution in [0.1, 0.15) is 21.5 Å². The van der Waals surface area contributed by atoms with E-state index in [9.17, 15) is 9.59 Å². The summed E-state index contributed by atoms with van der Waals surface area (Å²) in [5.74, 6) is -0.187. The summed E-state index contributed by atoms with van der Waals surface area (Å²) >= 11 is 0. The number of carbonyl (C=O) groups excluding carboxylic acids is 2. The van der Waals surface area contributed by atoms with Crippen molar-refractivity contribution in [2.24, 2.45) is 0 Å². The van der Waals surface area contributed by atoms with Gasteiger partial charge in [0.15, 0.2) is 0 Å². The van der Waals surface area contributed by atoms with Crippen LogP contribution in [-0.2, 0) is 9.53 Å². The summed E-state index contributed by atoms with van der Waals surface area (Å²) in [5, 5.41) is 2.91. The topological polar surface area (TPSA) is 58.6 Å². The SMILES string of the molecule is Cc1cccc(N2CC(CNC(=O)c3ccccc3C)OCC2=O)c1. The minimum absolute atomic E-state index is 0.0266. The molecule has 1 N–H and O–H groups in total. The number of anilines is 1. The highest BCUT2D eigenvalue weighted by Gasteiger charge is 2.27. The number of hydrogen-bond acceptors (Lipinski definition) is 3. The van der Waals surface area contributed by atoms with E-state index in [0.29, 0.717) is 18.7 Å². The molecule has 1 aliphatic rings. The molecular formula is C20H22N2O3. The van der Waals surface area contributed by atoms with Crippen LogP contribution in [0, 0.1) is 13.8 Å². The Morgan fingerprint density at radius 3 is 2.76 bits per heavy atom. The van der Waals surface area contributed by atoms with Gasteiger partial charge in [0.05, 0.1) is 12.6 Å². The summed E-state index contributed by atoms with van der Waals surface area (Å²) in [4.78, 5) is 26.2. The van der Waals surface area contributed by atoms with Gasteiger partial charge in [-0.3, -0.25) is 9.59 Å². The van der Waals surface area contributed by atoms with Gasteiger partial charge >= 0.3 is 0 Å². The normalized spacial score (nSPS) is 17.4. The Hall–Kier alpha value is -2.66. The van der Waals surface area contributed by atoms with Crippen LogP contribution in [0.5, 0.6) is 0 Å². The van der Waals surface area contributed by atoms with Gasteiger partial charge in [-0.05, 0) is 43.2 Å². The molecule has 1 fully saturated rings. The zero-order valence-electron chi connectivity index (χ0n) is 14.5. The van der Waals surface area contributed by atoms with E-state index >= 15 is 0 Å². The van der Waals surface area contributed by atoms with E-state index in [-0.39, 0.29) is 24.5 Å². The Bertz CT molecular complexity index is 788. The van der Waals surface area contributed by atoms with Gasteiger partial charge in [-0.2, -0.15) is 0 Å². The number of ether oxygens (including phenoxy) is 1. The zero-order chi connectivity index (χ0) is 17.8. The molecule has 1 atom stereocenters. The lowest BCUT2D eigenvalue weighted by Gasteiger charge is -2.33. The van der Waals surface area contributed by atoms with Crippen molar-refractivity contribution >= 4 is 17.5 Å². The molecular weight excluding hydrogens is 316 g/mol. The van der Waals surface area contributed by atoms with E-state index in [1.165, 1.54) is 0 Å². The largest absolute Gasteiger partial charge is 0.365 e. The predicted molar refractivity (Wildman–Crippen MR) is 96.8 cm³/mol. The average Bonchev–Trinajstić information content (AvgIpc) is 2.61. The van der Waals surface area contributed by atoms with Crippen molar-refractivity contribution in [1.29, 1.82) is 0 Å². The van der Waals surface area contributed by atoms with Crippen molar-refractivity contribution in [3.05, 3.63) is 65.2 Å². The molecule has 2 aromatic rings.